The number of carbonyl (C=O) groups excluding carboxylic acids is 2. The highest BCUT2D eigenvalue weighted by atomic mass is 32.2. The standard InChI is InChI=1S/C11H11N5O2S2/c1-5(17)20-6-2-7(18)16(3-6)11-14-9-8(10(19)15-11)12-4-13-9/h4,6H,2-3H2,1H3,(H2,12,13,14,15,19). The molecule has 0 spiro atoms. The molecule has 0 saturated carbocycles. The predicted molar refractivity (Wildman–Crippen MR) is 78.1 cm³/mol. The molecule has 0 radical (unpaired) electrons. The second-order valence-corrected chi connectivity index (χ2v) is 6.30. The number of anilines is 1. The number of rotatable bonds is 2. The van der Waals surface area contributed by atoms with Crippen LogP contribution >= 0.6 is 24.0 Å². The van der Waals surface area contributed by atoms with E-state index in [4.69, 9.17) is 12.2 Å². The van der Waals surface area contributed by atoms with Crippen molar-refractivity contribution in [3.8, 4) is 0 Å². The average Bonchev–Trinajstić information content (AvgIpc) is 2.95. The molecule has 9 heteroatoms. The van der Waals surface area contributed by atoms with E-state index in [2.05, 4.69) is 19.9 Å². The molecule has 1 aliphatic heterocycles. The van der Waals surface area contributed by atoms with Gasteiger partial charge in [-0.15, -0.1) is 0 Å². The summed E-state index contributed by atoms with van der Waals surface area (Å²) in [7, 11) is 0. The molecule has 0 aromatic carbocycles. The zero-order valence-corrected chi connectivity index (χ0v) is 12.2. The molecule has 1 fully saturated rings. The maximum absolute atomic E-state index is 12.0. The van der Waals surface area contributed by atoms with Crippen molar-refractivity contribution in [2.45, 2.75) is 18.6 Å². The number of thioether (sulfide) groups is 1. The van der Waals surface area contributed by atoms with Crippen LogP contribution in [0.5, 0.6) is 0 Å². The molecule has 2 aromatic heterocycles. The highest BCUT2D eigenvalue weighted by Gasteiger charge is 2.33. The summed E-state index contributed by atoms with van der Waals surface area (Å²) in [4.78, 5) is 38.9. The van der Waals surface area contributed by atoms with Crippen molar-refractivity contribution < 1.29 is 9.59 Å². The van der Waals surface area contributed by atoms with Crippen LogP contribution in [0.4, 0.5) is 5.95 Å². The molecule has 0 bridgehead atoms. The highest BCUT2D eigenvalue weighted by molar-refractivity contribution is 8.14. The summed E-state index contributed by atoms with van der Waals surface area (Å²) in [5.41, 5.74) is 1.21. The smallest absolute Gasteiger partial charge is 0.230 e. The van der Waals surface area contributed by atoms with Gasteiger partial charge in [-0.2, -0.15) is 0 Å². The fraction of sp³-hybridized carbons (Fsp3) is 0.364. The van der Waals surface area contributed by atoms with Crippen LogP contribution in [0.15, 0.2) is 6.33 Å². The summed E-state index contributed by atoms with van der Waals surface area (Å²) < 4.78 is 0.363. The second-order valence-electron chi connectivity index (χ2n) is 4.43. The van der Waals surface area contributed by atoms with E-state index in [1.54, 1.807) is 0 Å². The number of H-pyrrole nitrogens is 2. The van der Waals surface area contributed by atoms with E-state index < -0.39 is 0 Å². The zero-order valence-electron chi connectivity index (χ0n) is 10.5. The van der Waals surface area contributed by atoms with E-state index >= 15 is 0 Å². The molecule has 3 heterocycles. The minimum atomic E-state index is -0.0724. The number of hydrogen-bond donors (Lipinski definition) is 2. The van der Waals surface area contributed by atoms with Gasteiger partial charge in [0.25, 0.3) is 0 Å². The molecule has 1 amide bonds. The summed E-state index contributed by atoms with van der Waals surface area (Å²) in [5.74, 6) is 0.308. The first-order valence-electron chi connectivity index (χ1n) is 5.95. The fourth-order valence-corrected chi connectivity index (χ4v) is 3.32. The molecular weight excluding hydrogens is 298 g/mol. The Morgan fingerprint density at radius 2 is 2.40 bits per heavy atom. The summed E-state index contributed by atoms with van der Waals surface area (Å²) in [5, 5.41) is -0.0352. The van der Waals surface area contributed by atoms with E-state index in [1.807, 2.05) is 0 Å². The van der Waals surface area contributed by atoms with Crippen LogP contribution in [0, 0.1) is 4.64 Å². The number of hydrogen-bond acceptors (Lipinski definition) is 6. The number of amides is 1. The van der Waals surface area contributed by atoms with Crippen LogP contribution in [0.1, 0.15) is 13.3 Å². The van der Waals surface area contributed by atoms with E-state index in [9.17, 15) is 9.59 Å². The van der Waals surface area contributed by atoms with E-state index in [0.717, 1.165) is 0 Å². The van der Waals surface area contributed by atoms with Crippen LogP contribution in [0.2, 0.25) is 0 Å². The Morgan fingerprint density at radius 1 is 1.60 bits per heavy atom. The van der Waals surface area contributed by atoms with Gasteiger partial charge in [-0.05, 0) is 0 Å². The molecule has 2 aromatic rings. The lowest BCUT2D eigenvalue weighted by atomic mass is 10.4. The number of imidazole rings is 1. The molecular formula is C11H11N5O2S2. The molecule has 1 saturated heterocycles. The van der Waals surface area contributed by atoms with Gasteiger partial charge in [0, 0.05) is 25.1 Å². The fourth-order valence-electron chi connectivity index (χ4n) is 2.16. The van der Waals surface area contributed by atoms with Crippen molar-refractivity contribution in [3.05, 3.63) is 11.0 Å². The summed E-state index contributed by atoms with van der Waals surface area (Å²) in [6.45, 7) is 1.94. The molecule has 1 atom stereocenters. The summed E-state index contributed by atoms with van der Waals surface area (Å²) in [6, 6.07) is 0. The number of nitrogens with one attached hydrogen (secondary N) is 2. The van der Waals surface area contributed by atoms with Gasteiger partial charge < -0.3 is 9.97 Å². The molecule has 104 valence electrons. The Hall–Kier alpha value is -1.74. The maximum Gasteiger partial charge on any atom is 0.230 e. The monoisotopic (exact) mass is 309 g/mol. The lowest BCUT2D eigenvalue weighted by molar-refractivity contribution is -0.117. The largest absolute Gasteiger partial charge is 0.341 e. The first-order valence-corrected chi connectivity index (χ1v) is 7.24. The van der Waals surface area contributed by atoms with Gasteiger partial charge in [-0.3, -0.25) is 14.5 Å². The molecule has 3 rings (SSSR count). The number of fused-ring (bicyclic) bond motifs is 1. The maximum atomic E-state index is 12.0. The zero-order chi connectivity index (χ0) is 14.3. The third kappa shape index (κ3) is 2.34. The SMILES string of the molecule is CC(=O)SC1CC(=O)N(c2nc(=S)c3[nH]cnc3[nH]2)C1. The van der Waals surface area contributed by atoms with Gasteiger partial charge in [0.05, 0.1) is 6.33 Å². The third-order valence-corrected chi connectivity index (χ3v) is 4.25. The number of nitrogens with zero attached hydrogens (tertiary/aromatic N) is 3. The number of aromatic nitrogens is 4. The van der Waals surface area contributed by atoms with Crippen molar-refractivity contribution in [1.82, 2.24) is 19.9 Å². The first-order chi connectivity index (χ1) is 9.54. The average molecular weight is 309 g/mol. The lowest BCUT2D eigenvalue weighted by Gasteiger charge is -2.14. The van der Waals surface area contributed by atoms with Crippen molar-refractivity contribution >= 4 is 52.1 Å². The van der Waals surface area contributed by atoms with Gasteiger partial charge in [0.1, 0.15) is 5.52 Å². The minimum absolute atomic E-state index is 0.00769. The van der Waals surface area contributed by atoms with Crippen LogP contribution in [-0.2, 0) is 9.59 Å². The van der Waals surface area contributed by atoms with Gasteiger partial charge in [0.15, 0.2) is 15.4 Å². The third-order valence-electron chi connectivity index (χ3n) is 2.97. The summed E-state index contributed by atoms with van der Waals surface area (Å²) >= 11 is 6.35. The Labute approximate surface area is 123 Å². The van der Waals surface area contributed by atoms with Crippen LogP contribution in [0.3, 0.4) is 0 Å². The van der Waals surface area contributed by atoms with Crippen LogP contribution in [0.25, 0.3) is 11.2 Å². The van der Waals surface area contributed by atoms with E-state index in [-0.39, 0.29) is 16.3 Å². The molecule has 0 aliphatic carbocycles. The molecule has 1 aliphatic rings. The van der Waals surface area contributed by atoms with Gasteiger partial charge in [-0.1, -0.05) is 24.0 Å². The molecule has 2 N–H and O–H groups in total. The minimum Gasteiger partial charge on any atom is -0.341 e. The molecule has 20 heavy (non-hydrogen) atoms. The van der Waals surface area contributed by atoms with Gasteiger partial charge in [0.2, 0.25) is 11.9 Å². The quantitative estimate of drug-likeness (QED) is 0.814. The number of aromatic amines is 2. The predicted octanol–water partition coefficient (Wildman–Crippen LogP) is 1.40. The van der Waals surface area contributed by atoms with E-state index in [0.29, 0.717) is 34.7 Å². The van der Waals surface area contributed by atoms with E-state index in [1.165, 1.54) is 29.9 Å². The second kappa shape index (κ2) is 4.98. The molecule has 7 nitrogen and oxygen atoms in total. The highest BCUT2D eigenvalue weighted by Crippen LogP contribution is 2.27. The Balaban J connectivity index is 1.93. The van der Waals surface area contributed by atoms with Crippen molar-refractivity contribution in [2.24, 2.45) is 0 Å². The first kappa shape index (κ1) is 13.3. The normalized spacial score (nSPS) is 18.9. The number of carbonyl (C=O) groups is 2. The van der Waals surface area contributed by atoms with Gasteiger partial charge in [-0.25, -0.2) is 9.97 Å². The van der Waals surface area contributed by atoms with Crippen molar-refractivity contribution in [1.29, 1.82) is 0 Å². The summed E-state index contributed by atoms with van der Waals surface area (Å²) in [6.07, 6.45) is 1.84. The van der Waals surface area contributed by atoms with Gasteiger partial charge >= 0.3 is 0 Å². The van der Waals surface area contributed by atoms with Crippen molar-refractivity contribution in [3.63, 3.8) is 0 Å². The Bertz CT molecular complexity index is 753. The Morgan fingerprint density at radius 3 is 3.15 bits per heavy atom. The topological polar surface area (TPSA) is 94.7 Å². The molecule has 1 unspecified atom stereocenters. The van der Waals surface area contributed by atoms with Crippen LogP contribution < -0.4 is 4.90 Å². The Kier molecular flexibility index (Phi) is 3.30. The van der Waals surface area contributed by atoms with Crippen molar-refractivity contribution in [2.75, 3.05) is 11.4 Å². The lowest BCUT2D eigenvalue weighted by Crippen LogP contribution is -2.27. The van der Waals surface area contributed by atoms with Crippen LogP contribution in [-0.4, -0.2) is 42.8 Å².